The van der Waals surface area contributed by atoms with E-state index in [2.05, 4.69) is 5.32 Å². The molecule has 0 radical (unpaired) electrons. The Labute approximate surface area is 66.1 Å². The standard InChI is InChI=1S/C7H14N2O2/c1-3-6(10)9-4-5(2)7(8)11/h5H,3-4H2,1-2H3,(H2,8,11)(H,9,10)/t5-/m1/s1. The Morgan fingerprint density at radius 1 is 1.55 bits per heavy atom. The molecule has 0 spiro atoms. The first-order chi connectivity index (χ1) is 5.07. The van der Waals surface area contributed by atoms with Gasteiger partial charge in [0.15, 0.2) is 0 Å². The van der Waals surface area contributed by atoms with Gasteiger partial charge in [-0.25, -0.2) is 0 Å². The molecule has 0 fully saturated rings. The molecule has 0 bridgehead atoms. The summed E-state index contributed by atoms with van der Waals surface area (Å²) >= 11 is 0. The molecule has 0 aliphatic rings. The lowest BCUT2D eigenvalue weighted by Crippen LogP contribution is -2.34. The zero-order chi connectivity index (χ0) is 8.85. The molecule has 0 aromatic heterocycles. The third-order valence-electron chi connectivity index (χ3n) is 1.41. The highest BCUT2D eigenvalue weighted by Gasteiger charge is 2.08. The summed E-state index contributed by atoms with van der Waals surface area (Å²) < 4.78 is 0. The zero-order valence-corrected chi connectivity index (χ0v) is 6.89. The van der Waals surface area contributed by atoms with E-state index in [1.165, 1.54) is 0 Å². The summed E-state index contributed by atoms with van der Waals surface area (Å²) in [7, 11) is 0. The van der Waals surface area contributed by atoms with Crippen LogP contribution in [0.25, 0.3) is 0 Å². The molecule has 0 unspecified atom stereocenters. The molecule has 0 rings (SSSR count). The van der Waals surface area contributed by atoms with Gasteiger partial charge in [-0.15, -0.1) is 0 Å². The van der Waals surface area contributed by atoms with E-state index >= 15 is 0 Å². The van der Waals surface area contributed by atoms with E-state index in [1.807, 2.05) is 0 Å². The van der Waals surface area contributed by atoms with E-state index in [0.29, 0.717) is 13.0 Å². The molecule has 2 amide bonds. The molecule has 64 valence electrons. The van der Waals surface area contributed by atoms with Gasteiger partial charge in [-0.2, -0.15) is 0 Å². The average molecular weight is 158 g/mol. The number of carbonyl (C=O) groups excluding carboxylic acids is 2. The van der Waals surface area contributed by atoms with Crippen LogP contribution in [0, 0.1) is 5.92 Å². The van der Waals surface area contributed by atoms with Crippen LogP contribution in [0.15, 0.2) is 0 Å². The van der Waals surface area contributed by atoms with Crippen LogP contribution in [-0.2, 0) is 9.59 Å². The quantitative estimate of drug-likeness (QED) is 0.586. The molecule has 0 aromatic carbocycles. The Morgan fingerprint density at radius 3 is 2.45 bits per heavy atom. The van der Waals surface area contributed by atoms with Crippen LogP contribution >= 0.6 is 0 Å². The maximum atomic E-state index is 10.7. The Balaban J connectivity index is 3.54. The highest BCUT2D eigenvalue weighted by atomic mass is 16.2. The second-order valence-corrected chi connectivity index (χ2v) is 2.46. The van der Waals surface area contributed by atoms with Crippen LogP contribution in [0.2, 0.25) is 0 Å². The summed E-state index contributed by atoms with van der Waals surface area (Å²) in [5.41, 5.74) is 4.97. The van der Waals surface area contributed by atoms with Crippen molar-refractivity contribution < 1.29 is 9.59 Å². The van der Waals surface area contributed by atoms with Crippen molar-refractivity contribution in [1.29, 1.82) is 0 Å². The lowest BCUT2D eigenvalue weighted by atomic mass is 10.2. The van der Waals surface area contributed by atoms with Gasteiger partial charge in [0.1, 0.15) is 0 Å². The second kappa shape index (κ2) is 4.71. The Hall–Kier alpha value is -1.06. The Bertz CT molecular complexity index is 157. The highest BCUT2D eigenvalue weighted by molar-refractivity contribution is 5.79. The zero-order valence-electron chi connectivity index (χ0n) is 6.89. The molecule has 1 atom stereocenters. The predicted molar refractivity (Wildman–Crippen MR) is 41.7 cm³/mol. The van der Waals surface area contributed by atoms with Gasteiger partial charge in [0.25, 0.3) is 0 Å². The maximum absolute atomic E-state index is 10.7. The summed E-state index contributed by atoms with van der Waals surface area (Å²) in [6.07, 6.45) is 0.436. The van der Waals surface area contributed by atoms with Gasteiger partial charge in [0.2, 0.25) is 11.8 Å². The molecule has 0 heterocycles. The molecule has 0 saturated heterocycles. The number of primary amides is 1. The summed E-state index contributed by atoms with van der Waals surface area (Å²) in [5.74, 6) is -0.731. The van der Waals surface area contributed by atoms with E-state index in [0.717, 1.165) is 0 Å². The molecule has 11 heavy (non-hydrogen) atoms. The van der Waals surface area contributed by atoms with Crippen LogP contribution in [0.1, 0.15) is 20.3 Å². The van der Waals surface area contributed by atoms with Crippen molar-refractivity contribution in [3.8, 4) is 0 Å². The van der Waals surface area contributed by atoms with Crippen molar-refractivity contribution in [2.75, 3.05) is 6.54 Å². The fourth-order valence-electron chi connectivity index (χ4n) is 0.493. The van der Waals surface area contributed by atoms with Crippen molar-refractivity contribution in [3.05, 3.63) is 0 Å². The molecular formula is C7H14N2O2. The van der Waals surface area contributed by atoms with Crippen molar-refractivity contribution >= 4 is 11.8 Å². The molecule has 4 heteroatoms. The molecule has 4 nitrogen and oxygen atoms in total. The van der Waals surface area contributed by atoms with Gasteiger partial charge >= 0.3 is 0 Å². The largest absolute Gasteiger partial charge is 0.369 e. The first kappa shape index (κ1) is 9.94. The Kier molecular flexibility index (Phi) is 4.26. The number of hydrogen-bond acceptors (Lipinski definition) is 2. The lowest BCUT2D eigenvalue weighted by molar-refractivity contribution is -0.122. The lowest BCUT2D eigenvalue weighted by Gasteiger charge is -2.07. The number of amides is 2. The van der Waals surface area contributed by atoms with Gasteiger partial charge < -0.3 is 11.1 Å². The highest BCUT2D eigenvalue weighted by Crippen LogP contribution is 1.89. The normalized spacial score (nSPS) is 12.2. The van der Waals surface area contributed by atoms with Crippen LogP contribution < -0.4 is 11.1 Å². The third-order valence-corrected chi connectivity index (χ3v) is 1.41. The first-order valence-electron chi connectivity index (χ1n) is 3.64. The van der Waals surface area contributed by atoms with Crippen molar-refractivity contribution in [2.24, 2.45) is 11.7 Å². The maximum Gasteiger partial charge on any atom is 0.222 e. The molecule has 0 aromatic rings. The van der Waals surface area contributed by atoms with E-state index in [4.69, 9.17) is 5.73 Å². The minimum atomic E-state index is -0.388. The van der Waals surface area contributed by atoms with Crippen LogP contribution in [-0.4, -0.2) is 18.4 Å². The molecule has 0 aliphatic carbocycles. The number of rotatable bonds is 4. The van der Waals surface area contributed by atoms with Gasteiger partial charge in [0.05, 0.1) is 5.92 Å². The molecule has 0 aliphatic heterocycles. The Morgan fingerprint density at radius 2 is 2.09 bits per heavy atom. The molecule has 0 saturated carbocycles. The average Bonchev–Trinajstić information content (AvgIpc) is 1.99. The van der Waals surface area contributed by atoms with Crippen molar-refractivity contribution in [2.45, 2.75) is 20.3 Å². The van der Waals surface area contributed by atoms with Crippen LogP contribution in [0.3, 0.4) is 0 Å². The van der Waals surface area contributed by atoms with Crippen LogP contribution in [0.5, 0.6) is 0 Å². The smallest absolute Gasteiger partial charge is 0.222 e. The van der Waals surface area contributed by atoms with Gasteiger partial charge in [-0.1, -0.05) is 13.8 Å². The minimum absolute atomic E-state index is 0.0573. The predicted octanol–water partition coefficient (Wildman–Crippen LogP) is -0.366. The van der Waals surface area contributed by atoms with E-state index in [1.54, 1.807) is 13.8 Å². The summed E-state index contributed by atoms with van der Waals surface area (Å²) in [6, 6.07) is 0. The number of nitrogens with two attached hydrogens (primary N) is 1. The minimum Gasteiger partial charge on any atom is -0.369 e. The second-order valence-electron chi connectivity index (χ2n) is 2.46. The van der Waals surface area contributed by atoms with Gasteiger partial charge in [-0.05, 0) is 0 Å². The fraction of sp³-hybridized carbons (Fsp3) is 0.714. The van der Waals surface area contributed by atoms with E-state index in [-0.39, 0.29) is 17.7 Å². The molecule has 3 N–H and O–H groups in total. The number of nitrogens with one attached hydrogen (secondary N) is 1. The summed E-state index contributed by atoms with van der Waals surface area (Å²) in [6.45, 7) is 3.77. The first-order valence-corrected chi connectivity index (χ1v) is 3.64. The van der Waals surface area contributed by atoms with Crippen molar-refractivity contribution in [3.63, 3.8) is 0 Å². The molecular weight excluding hydrogens is 144 g/mol. The van der Waals surface area contributed by atoms with Crippen LogP contribution in [0.4, 0.5) is 0 Å². The van der Waals surface area contributed by atoms with Gasteiger partial charge in [-0.3, -0.25) is 9.59 Å². The SMILES string of the molecule is CCC(=O)NC[C@@H](C)C(N)=O. The summed E-state index contributed by atoms with van der Waals surface area (Å²) in [5, 5.41) is 2.57. The summed E-state index contributed by atoms with van der Waals surface area (Å²) in [4.78, 5) is 21.1. The topological polar surface area (TPSA) is 72.2 Å². The van der Waals surface area contributed by atoms with Gasteiger partial charge in [0, 0.05) is 13.0 Å². The fourth-order valence-corrected chi connectivity index (χ4v) is 0.493. The monoisotopic (exact) mass is 158 g/mol. The van der Waals surface area contributed by atoms with E-state index in [9.17, 15) is 9.59 Å². The number of carbonyl (C=O) groups is 2. The number of hydrogen-bond donors (Lipinski definition) is 2. The van der Waals surface area contributed by atoms with E-state index < -0.39 is 0 Å². The third kappa shape index (κ3) is 4.36. The van der Waals surface area contributed by atoms with Crippen molar-refractivity contribution in [1.82, 2.24) is 5.32 Å².